The molecule has 0 aromatic heterocycles. The van der Waals surface area contributed by atoms with Gasteiger partial charge in [-0.15, -0.1) is 0 Å². The van der Waals surface area contributed by atoms with Gasteiger partial charge < -0.3 is 10.2 Å². The van der Waals surface area contributed by atoms with Gasteiger partial charge in [-0.2, -0.15) is 0 Å². The summed E-state index contributed by atoms with van der Waals surface area (Å²) < 4.78 is 0. The molecule has 1 unspecified atom stereocenters. The van der Waals surface area contributed by atoms with Gasteiger partial charge in [0, 0.05) is 0 Å². The van der Waals surface area contributed by atoms with Gasteiger partial charge in [0.05, 0.1) is 12.3 Å². The normalized spacial score (nSPS) is 11.6. The summed E-state index contributed by atoms with van der Waals surface area (Å²) in [5, 5.41) is 17.4. The fraction of sp³-hybridized carbons (Fsp3) is 0.846. The molecule has 0 fully saturated rings. The Balaban J connectivity index is 0. The van der Waals surface area contributed by atoms with Gasteiger partial charge in [-0.3, -0.25) is 9.59 Å². The number of carbonyl (C=O) groups is 2. The second-order valence-electron chi connectivity index (χ2n) is 4.54. The van der Waals surface area contributed by atoms with Crippen LogP contribution in [0.15, 0.2) is 0 Å². The van der Waals surface area contributed by atoms with E-state index in [2.05, 4.69) is 6.92 Å². The summed E-state index contributed by atoms with van der Waals surface area (Å²) in [6, 6.07) is 0. The molecule has 0 amide bonds. The maximum atomic E-state index is 10.8. The van der Waals surface area contributed by atoms with Gasteiger partial charge in [0.2, 0.25) is 0 Å². The number of unbranched alkanes of at least 4 members (excludes halogenated alkanes) is 6. The number of rotatable bonds is 11. The van der Waals surface area contributed by atoms with Crippen molar-refractivity contribution in [1.29, 1.82) is 0 Å². The topological polar surface area (TPSA) is 74.6 Å². The molecule has 0 radical (unpaired) electrons. The molecular formula is C13H25KO4. The molecular weight excluding hydrogens is 259 g/mol. The molecule has 5 heteroatoms. The Morgan fingerprint density at radius 3 is 1.89 bits per heavy atom. The van der Waals surface area contributed by atoms with Gasteiger partial charge in [0.1, 0.15) is 0 Å². The Labute approximate surface area is 152 Å². The van der Waals surface area contributed by atoms with Crippen LogP contribution in [0.25, 0.3) is 0 Å². The summed E-state index contributed by atoms with van der Waals surface area (Å²) in [5.41, 5.74) is 0. The van der Waals surface area contributed by atoms with Crippen LogP contribution in [0, 0.1) is 5.92 Å². The fourth-order valence-electron chi connectivity index (χ4n) is 1.87. The van der Waals surface area contributed by atoms with E-state index in [-0.39, 0.29) is 57.8 Å². The Bertz CT molecular complexity index is 231. The van der Waals surface area contributed by atoms with Crippen LogP contribution in [0.5, 0.6) is 0 Å². The summed E-state index contributed by atoms with van der Waals surface area (Å²) in [6.07, 6.45) is 8.10. The van der Waals surface area contributed by atoms with E-state index in [0.717, 1.165) is 19.3 Å². The van der Waals surface area contributed by atoms with Crippen LogP contribution >= 0.6 is 0 Å². The minimum absolute atomic E-state index is 0. The Morgan fingerprint density at radius 2 is 1.44 bits per heavy atom. The van der Waals surface area contributed by atoms with Crippen molar-refractivity contribution in [3.8, 4) is 0 Å². The molecule has 1 atom stereocenters. The monoisotopic (exact) mass is 284 g/mol. The van der Waals surface area contributed by atoms with Crippen LogP contribution in [-0.2, 0) is 9.59 Å². The molecule has 0 heterocycles. The van der Waals surface area contributed by atoms with Gasteiger partial charge >= 0.3 is 63.3 Å². The second-order valence-corrected chi connectivity index (χ2v) is 4.54. The van der Waals surface area contributed by atoms with Crippen molar-refractivity contribution in [3.05, 3.63) is 0 Å². The summed E-state index contributed by atoms with van der Waals surface area (Å²) in [7, 11) is 0. The van der Waals surface area contributed by atoms with Crippen LogP contribution in [0.3, 0.4) is 0 Å². The zero-order valence-electron chi connectivity index (χ0n) is 10.7. The Morgan fingerprint density at radius 1 is 0.944 bits per heavy atom. The van der Waals surface area contributed by atoms with Gasteiger partial charge in [-0.25, -0.2) is 0 Å². The van der Waals surface area contributed by atoms with E-state index in [1.807, 2.05) is 0 Å². The van der Waals surface area contributed by atoms with E-state index in [1.54, 1.807) is 0 Å². The molecule has 0 bridgehead atoms. The van der Waals surface area contributed by atoms with Crippen molar-refractivity contribution in [1.82, 2.24) is 0 Å². The minimum atomic E-state index is -1.03. The number of hydrogen-bond acceptors (Lipinski definition) is 2. The van der Waals surface area contributed by atoms with Gasteiger partial charge in [-0.05, 0) is 6.42 Å². The molecule has 0 saturated carbocycles. The van der Waals surface area contributed by atoms with Gasteiger partial charge in [0.15, 0.2) is 0 Å². The molecule has 0 aliphatic rings. The third-order valence-electron chi connectivity index (χ3n) is 2.93. The SMILES string of the molecule is CCCCCCCCCC(CC(=O)O)C(=O)O.[KH]. The van der Waals surface area contributed by atoms with Crippen LogP contribution in [0.2, 0.25) is 0 Å². The fourth-order valence-corrected chi connectivity index (χ4v) is 1.87. The van der Waals surface area contributed by atoms with Crippen LogP contribution < -0.4 is 0 Å². The number of hydrogen-bond donors (Lipinski definition) is 2. The molecule has 4 nitrogen and oxygen atoms in total. The Kier molecular flexibility index (Phi) is 16.2. The van der Waals surface area contributed by atoms with Crippen LogP contribution in [0.4, 0.5) is 0 Å². The van der Waals surface area contributed by atoms with E-state index < -0.39 is 17.9 Å². The van der Waals surface area contributed by atoms with Crippen molar-refractivity contribution in [3.63, 3.8) is 0 Å². The summed E-state index contributed by atoms with van der Waals surface area (Å²) in [5.74, 6) is -2.73. The van der Waals surface area contributed by atoms with Crippen molar-refractivity contribution in [2.75, 3.05) is 0 Å². The van der Waals surface area contributed by atoms with Crippen LogP contribution in [0.1, 0.15) is 64.7 Å². The molecule has 2 N–H and O–H groups in total. The summed E-state index contributed by atoms with van der Waals surface area (Å²) >= 11 is 0. The molecule has 0 aliphatic carbocycles. The van der Waals surface area contributed by atoms with Crippen LogP contribution in [-0.4, -0.2) is 73.5 Å². The summed E-state index contributed by atoms with van der Waals surface area (Å²) in [6.45, 7) is 2.17. The number of aliphatic carboxylic acids is 2. The van der Waals surface area contributed by atoms with Crippen molar-refractivity contribution in [2.24, 2.45) is 5.92 Å². The first-order valence-electron chi connectivity index (χ1n) is 6.52. The molecule has 18 heavy (non-hydrogen) atoms. The number of carboxylic acids is 2. The van der Waals surface area contributed by atoms with E-state index in [4.69, 9.17) is 10.2 Å². The van der Waals surface area contributed by atoms with Crippen molar-refractivity contribution >= 4 is 63.3 Å². The molecule has 0 aliphatic heterocycles. The first-order chi connectivity index (χ1) is 8.07. The standard InChI is InChI=1S/C13H24O4.K.H/c1-2-3-4-5-6-7-8-9-11(13(16)17)10-12(14)15;;/h11H,2-10H2,1H3,(H,14,15)(H,16,17);;. The Hall–Kier alpha value is 0.576. The van der Waals surface area contributed by atoms with Gasteiger partial charge in [0.25, 0.3) is 0 Å². The average Bonchev–Trinajstić information content (AvgIpc) is 2.25. The molecule has 102 valence electrons. The second kappa shape index (κ2) is 14.0. The predicted molar refractivity (Wildman–Crippen MR) is 73.1 cm³/mol. The number of carboxylic acid groups (broad SMARTS) is 2. The molecule has 0 saturated heterocycles. The maximum absolute atomic E-state index is 10.8. The summed E-state index contributed by atoms with van der Waals surface area (Å²) in [4.78, 5) is 21.2. The zero-order chi connectivity index (χ0) is 13.1. The third kappa shape index (κ3) is 13.0. The first-order valence-corrected chi connectivity index (χ1v) is 6.52. The molecule has 0 aromatic rings. The van der Waals surface area contributed by atoms with E-state index in [0.29, 0.717) is 6.42 Å². The van der Waals surface area contributed by atoms with E-state index in [1.165, 1.54) is 25.7 Å². The average molecular weight is 284 g/mol. The molecule has 0 spiro atoms. The quantitative estimate of drug-likeness (QED) is 0.452. The van der Waals surface area contributed by atoms with Crippen molar-refractivity contribution in [2.45, 2.75) is 64.7 Å². The first kappa shape index (κ1) is 20.9. The third-order valence-corrected chi connectivity index (χ3v) is 2.93. The van der Waals surface area contributed by atoms with Gasteiger partial charge in [-0.1, -0.05) is 51.9 Å². The van der Waals surface area contributed by atoms with E-state index >= 15 is 0 Å². The van der Waals surface area contributed by atoms with Crippen molar-refractivity contribution < 1.29 is 19.8 Å². The predicted octanol–water partition coefficient (Wildman–Crippen LogP) is 2.65. The molecule has 0 aromatic carbocycles. The van der Waals surface area contributed by atoms with E-state index in [9.17, 15) is 9.59 Å². The molecule has 0 rings (SSSR count). The zero-order valence-corrected chi connectivity index (χ0v) is 10.7.